The number of halogens is 1. The maximum atomic E-state index is 12.2. The van der Waals surface area contributed by atoms with Crippen molar-refractivity contribution in [3.05, 3.63) is 6.42 Å². The van der Waals surface area contributed by atoms with E-state index in [1.807, 2.05) is 6.92 Å². The van der Waals surface area contributed by atoms with Crippen molar-refractivity contribution in [2.24, 2.45) is 0 Å². The summed E-state index contributed by atoms with van der Waals surface area (Å²) in [7, 11) is 0. The fourth-order valence-corrected chi connectivity index (χ4v) is 0.399. The Morgan fingerprint density at radius 1 is 2.00 bits per heavy atom. The van der Waals surface area contributed by atoms with E-state index in [0.717, 1.165) is 0 Å². The first-order valence-electron chi connectivity index (χ1n) is 2.30. The first kappa shape index (κ1) is 4.10. The van der Waals surface area contributed by atoms with Crippen LogP contribution in [0.4, 0.5) is 4.39 Å². The molecule has 1 fully saturated rings. The Bertz CT molecular complexity index is 55.0. The topological polar surface area (TPSA) is 0 Å². The molecule has 0 saturated heterocycles. The van der Waals surface area contributed by atoms with Crippen LogP contribution in [0.1, 0.15) is 19.8 Å². The second kappa shape index (κ2) is 0.955. The van der Waals surface area contributed by atoms with Gasteiger partial charge < -0.3 is 0 Å². The largest absolute Gasteiger partial charge is 0.244 e. The third-order valence-electron chi connectivity index (χ3n) is 1.23. The molecule has 0 bridgehead atoms. The van der Waals surface area contributed by atoms with Gasteiger partial charge in [0.05, 0.1) is 0 Å². The average molecular weight is 87.1 g/mol. The zero-order valence-corrected chi connectivity index (χ0v) is 3.87. The lowest BCUT2D eigenvalue weighted by Gasteiger charge is -1.91. The highest BCUT2D eigenvalue weighted by Crippen LogP contribution is 2.40. The van der Waals surface area contributed by atoms with Crippen molar-refractivity contribution >= 4 is 0 Å². The molecule has 6 heavy (non-hydrogen) atoms. The third kappa shape index (κ3) is 0.537. The third-order valence-corrected chi connectivity index (χ3v) is 1.23. The molecule has 0 nitrogen and oxygen atoms in total. The molecule has 0 aliphatic heterocycles. The number of rotatable bonds is 1. The van der Waals surface area contributed by atoms with E-state index in [9.17, 15) is 4.39 Å². The second-order valence-electron chi connectivity index (χ2n) is 1.80. The minimum absolute atomic E-state index is 0.660. The molecule has 0 spiro atoms. The first-order valence-corrected chi connectivity index (χ1v) is 2.30. The predicted molar refractivity (Wildman–Crippen MR) is 23.0 cm³/mol. The summed E-state index contributed by atoms with van der Waals surface area (Å²) in [6, 6.07) is 0. The van der Waals surface area contributed by atoms with Crippen LogP contribution in [0.5, 0.6) is 0 Å². The Balaban J connectivity index is 2.28. The molecule has 0 amide bonds. The molecule has 0 heterocycles. The highest BCUT2D eigenvalue weighted by molar-refractivity contribution is 5.11. The van der Waals surface area contributed by atoms with Gasteiger partial charge in [-0.2, -0.15) is 0 Å². The van der Waals surface area contributed by atoms with E-state index < -0.39 is 5.67 Å². The SMILES string of the molecule is CCC1(F)[CH]C1. The number of alkyl halides is 1. The summed E-state index contributed by atoms with van der Waals surface area (Å²) in [6.45, 7) is 1.86. The lowest BCUT2D eigenvalue weighted by Crippen LogP contribution is -1.92. The van der Waals surface area contributed by atoms with Gasteiger partial charge >= 0.3 is 0 Å². The smallest absolute Gasteiger partial charge is 0.114 e. The molecule has 1 aliphatic carbocycles. The van der Waals surface area contributed by atoms with Crippen molar-refractivity contribution in [2.45, 2.75) is 25.4 Å². The molecule has 1 radical (unpaired) electrons. The van der Waals surface area contributed by atoms with E-state index in [0.29, 0.717) is 12.8 Å². The van der Waals surface area contributed by atoms with Crippen molar-refractivity contribution in [3.63, 3.8) is 0 Å². The predicted octanol–water partition coefficient (Wildman–Crippen LogP) is 1.71. The van der Waals surface area contributed by atoms with Crippen molar-refractivity contribution in [1.29, 1.82) is 0 Å². The molecule has 1 atom stereocenters. The zero-order valence-electron chi connectivity index (χ0n) is 3.87. The Hall–Kier alpha value is -0.0700. The van der Waals surface area contributed by atoms with Crippen molar-refractivity contribution in [3.8, 4) is 0 Å². The minimum atomic E-state index is -0.833. The van der Waals surface area contributed by atoms with Crippen LogP contribution in [0.25, 0.3) is 0 Å². The lowest BCUT2D eigenvalue weighted by molar-refractivity contribution is 0.316. The zero-order chi connectivity index (χ0) is 4.62. The fourth-order valence-electron chi connectivity index (χ4n) is 0.399. The summed E-state index contributed by atoms with van der Waals surface area (Å²) in [5.41, 5.74) is -0.833. The number of hydrogen-bond acceptors (Lipinski definition) is 0. The average Bonchev–Trinajstić information content (AvgIpc) is 2.22. The Morgan fingerprint density at radius 3 is 2.50 bits per heavy atom. The van der Waals surface area contributed by atoms with Gasteiger partial charge in [-0.3, -0.25) is 0 Å². The summed E-state index contributed by atoms with van der Waals surface area (Å²) in [5, 5.41) is 0. The summed E-state index contributed by atoms with van der Waals surface area (Å²) in [4.78, 5) is 0. The Labute approximate surface area is 37.4 Å². The van der Waals surface area contributed by atoms with E-state index in [4.69, 9.17) is 0 Å². The number of hydrogen-bond donors (Lipinski definition) is 0. The molecule has 1 saturated carbocycles. The molecule has 1 aliphatic rings. The van der Waals surface area contributed by atoms with Crippen LogP contribution in [0.15, 0.2) is 0 Å². The van der Waals surface area contributed by atoms with Crippen LogP contribution in [0.3, 0.4) is 0 Å². The van der Waals surface area contributed by atoms with Gasteiger partial charge in [-0.25, -0.2) is 4.39 Å². The molecule has 35 valence electrons. The molecule has 0 N–H and O–H groups in total. The summed E-state index contributed by atoms with van der Waals surface area (Å²) >= 11 is 0. The highest BCUT2D eigenvalue weighted by Gasteiger charge is 2.41. The van der Waals surface area contributed by atoms with Gasteiger partial charge in [0.1, 0.15) is 5.67 Å². The Kier molecular flexibility index (Phi) is 0.652. The van der Waals surface area contributed by atoms with E-state index in [-0.39, 0.29) is 0 Å². The molecular formula is C5H8F. The normalized spacial score (nSPS) is 27.0. The molecule has 1 heteroatoms. The van der Waals surface area contributed by atoms with Crippen molar-refractivity contribution < 1.29 is 4.39 Å². The molecule has 0 aromatic heterocycles. The lowest BCUT2D eigenvalue weighted by atomic mass is 10.3. The van der Waals surface area contributed by atoms with Gasteiger partial charge in [-0.1, -0.05) is 6.92 Å². The minimum Gasteiger partial charge on any atom is -0.244 e. The molecule has 0 aromatic rings. The van der Waals surface area contributed by atoms with Gasteiger partial charge in [0.2, 0.25) is 0 Å². The first-order chi connectivity index (χ1) is 2.77. The van der Waals surface area contributed by atoms with Crippen LogP contribution in [0.2, 0.25) is 0 Å². The van der Waals surface area contributed by atoms with Crippen LogP contribution < -0.4 is 0 Å². The van der Waals surface area contributed by atoms with E-state index in [1.54, 1.807) is 6.42 Å². The van der Waals surface area contributed by atoms with Gasteiger partial charge in [0.15, 0.2) is 0 Å². The monoisotopic (exact) mass is 87.1 g/mol. The second-order valence-corrected chi connectivity index (χ2v) is 1.80. The highest BCUT2D eigenvalue weighted by atomic mass is 19.1. The maximum Gasteiger partial charge on any atom is 0.114 e. The van der Waals surface area contributed by atoms with Gasteiger partial charge in [-0.05, 0) is 12.8 Å². The summed E-state index contributed by atoms with van der Waals surface area (Å²) in [6.07, 6.45) is 3.05. The van der Waals surface area contributed by atoms with Gasteiger partial charge in [0.25, 0.3) is 0 Å². The van der Waals surface area contributed by atoms with Crippen molar-refractivity contribution in [1.82, 2.24) is 0 Å². The molecular weight excluding hydrogens is 79.1 g/mol. The standard InChI is InChI=1S/C5H8F/c1-2-5(6)3-4-5/h3H,2,4H2,1H3. The van der Waals surface area contributed by atoms with E-state index in [2.05, 4.69) is 0 Å². The quantitative estimate of drug-likeness (QED) is 0.456. The maximum absolute atomic E-state index is 12.2. The van der Waals surface area contributed by atoms with E-state index in [1.165, 1.54) is 0 Å². The van der Waals surface area contributed by atoms with E-state index >= 15 is 0 Å². The van der Waals surface area contributed by atoms with Gasteiger partial charge in [0, 0.05) is 6.42 Å². The molecule has 0 aromatic carbocycles. The van der Waals surface area contributed by atoms with Gasteiger partial charge in [-0.15, -0.1) is 0 Å². The van der Waals surface area contributed by atoms with Crippen LogP contribution in [-0.2, 0) is 0 Å². The van der Waals surface area contributed by atoms with Crippen LogP contribution >= 0.6 is 0 Å². The summed E-state index contributed by atoms with van der Waals surface area (Å²) < 4.78 is 12.2. The van der Waals surface area contributed by atoms with Crippen LogP contribution in [-0.4, -0.2) is 5.67 Å². The summed E-state index contributed by atoms with van der Waals surface area (Å²) in [5.74, 6) is 0. The fraction of sp³-hybridized carbons (Fsp3) is 0.800. The Morgan fingerprint density at radius 2 is 2.50 bits per heavy atom. The van der Waals surface area contributed by atoms with Crippen LogP contribution in [0, 0.1) is 6.42 Å². The molecule has 1 rings (SSSR count). The molecule has 1 unspecified atom stereocenters. The van der Waals surface area contributed by atoms with Crippen molar-refractivity contribution in [2.75, 3.05) is 0 Å².